The molecule has 0 saturated heterocycles. The molecule has 0 bridgehead atoms. The molecule has 1 rings (SSSR count). The molecule has 0 aliphatic carbocycles. The minimum absolute atomic E-state index is 0.272. The third kappa shape index (κ3) is 4.90. The Balaban J connectivity index is 2.98. The molecule has 0 atom stereocenters. The van der Waals surface area contributed by atoms with E-state index in [1.165, 1.54) is 6.07 Å². The van der Waals surface area contributed by atoms with Gasteiger partial charge in [0.1, 0.15) is 5.75 Å². The lowest BCUT2D eigenvalue weighted by atomic mass is 10.2. The average Bonchev–Trinajstić information content (AvgIpc) is 2.16. The number of halogens is 4. The van der Waals surface area contributed by atoms with Gasteiger partial charge < -0.3 is 9.84 Å². The molecule has 0 saturated carbocycles. The first-order valence-corrected chi connectivity index (χ1v) is 5.03. The highest BCUT2D eigenvalue weighted by molar-refractivity contribution is 9.10. The number of carboxylic acids is 1. The van der Waals surface area contributed by atoms with Crippen molar-refractivity contribution in [3.8, 4) is 5.75 Å². The van der Waals surface area contributed by atoms with Crippen molar-refractivity contribution >= 4 is 28.0 Å². The first-order valence-electron chi connectivity index (χ1n) is 4.24. The Morgan fingerprint density at radius 3 is 2.59 bits per heavy atom. The van der Waals surface area contributed by atoms with Crippen molar-refractivity contribution in [1.82, 2.24) is 0 Å². The molecule has 0 spiro atoms. The van der Waals surface area contributed by atoms with E-state index in [0.717, 1.165) is 24.3 Å². The van der Waals surface area contributed by atoms with Crippen LogP contribution in [-0.2, 0) is 4.79 Å². The molecule has 0 aromatic heterocycles. The van der Waals surface area contributed by atoms with Gasteiger partial charge in [0.05, 0.1) is 0 Å². The van der Waals surface area contributed by atoms with Gasteiger partial charge in [0, 0.05) is 10.5 Å². The second-order valence-corrected chi connectivity index (χ2v) is 3.76. The van der Waals surface area contributed by atoms with Crippen LogP contribution in [0.15, 0.2) is 28.7 Å². The highest BCUT2D eigenvalue weighted by atomic mass is 79.9. The smallest absolute Gasteiger partial charge is 0.478 e. The van der Waals surface area contributed by atoms with Crippen LogP contribution in [0, 0.1) is 0 Å². The number of aliphatic carboxylic acids is 1. The lowest BCUT2D eigenvalue weighted by molar-refractivity contribution is -0.274. The summed E-state index contributed by atoms with van der Waals surface area (Å²) >= 11 is 3.08. The number of benzene rings is 1. The summed E-state index contributed by atoms with van der Waals surface area (Å²) in [5, 5.41) is 8.41. The minimum atomic E-state index is -4.78. The van der Waals surface area contributed by atoms with Crippen molar-refractivity contribution in [2.75, 3.05) is 0 Å². The summed E-state index contributed by atoms with van der Waals surface area (Å²) in [6.07, 6.45) is -2.80. The van der Waals surface area contributed by atoms with Crippen LogP contribution in [0.1, 0.15) is 5.56 Å². The Labute approximate surface area is 103 Å². The molecular formula is C10H6BrF3O3. The third-order valence-corrected chi connectivity index (χ3v) is 2.33. The maximum absolute atomic E-state index is 11.9. The number of hydrogen-bond acceptors (Lipinski definition) is 2. The molecule has 0 amide bonds. The van der Waals surface area contributed by atoms with Gasteiger partial charge in [0.15, 0.2) is 0 Å². The van der Waals surface area contributed by atoms with Gasteiger partial charge in [-0.3, -0.25) is 0 Å². The zero-order chi connectivity index (χ0) is 13.1. The van der Waals surface area contributed by atoms with E-state index < -0.39 is 18.1 Å². The van der Waals surface area contributed by atoms with Gasteiger partial charge in [-0.1, -0.05) is 15.9 Å². The first-order chi connectivity index (χ1) is 7.78. The SMILES string of the molecule is O=C(O)/C=C/c1cc(OC(F)(F)F)ccc1Br. The molecule has 0 unspecified atom stereocenters. The molecule has 17 heavy (non-hydrogen) atoms. The molecule has 1 N–H and O–H groups in total. The summed E-state index contributed by atoms with van der Waals surface area (Å²) in [5.41, 5.74) is 0.272. The van der Waals surface area contributed by atoms with Crippen molar-refractivity contribution in [2.24, 2.45) is 0 Å². The van der Waals surface area contributed by atoms with Crippen LogP contribution < -0.4 is 4.74 Å². The lowest BCUT2D eigenvalue weighted by Crippen LogP contribution is -2.17. The summed E-state index contributed by atoms with van der Waals surface area (Å²) < 4.78 is 40.0. The van der Waals surface area contributed by atoms with Crippen molar-refractivity contribution in [1.29, 1.82) is 0 Å². The minimum Gasteiger partial charge on any atom is -0.478 e. The Morgan fingerprint density at radius 1 is 1.41 bits per heavy atom. The quantitative estimate of drug-likeness (QED) is 0.870. The number of carboxylic acid groups (broad SMARTS) is 1. The average molecular weight is 311 g/mol. The number of carbonyl (C=O) groups is 1. The molecular weight excluding hydrogens is 305 g/mol. The van der Waals surface area contributed by atoms with Gasteiger partial charge in [0.25, 0.3) is 0 Å². The lowest BCUT2D eigenvalue weighted by Gasteiger charge is -2.09. The topological polar surface area (TPSA) is 46.5 Å². The van der Waals surface area contributed by atoms with Crippen LogP contribution in [-0.4, -0.2) is 17.4 Å². The molecule has 0 fully saturated rings. The third-order valence-electron chi connectivity index (χ3n) is 1.61. The van der Waals surface area contributed by atoms with E-state index in [0.29, 0.717) is 4.47 Å². The van der Waals surface area contributed by atoms with E-state index in [9.17, 15) is 18.0 Å². The standard InChI is InChI=1S/C10H6BrF3O3/c11-8-3-2-7(17-10(12,13)14)5-6(8)1-4-9(15)16/h1-5H,(H,15,16)/b4-1+. The normalized spacial score (nSPS) is 11.8. The Bertz CT molecular complexity index is 455. The summed E-state index contributed by atoms with van der Waals surface area (Å²) in [5.74, 6) is -1.61. The summed E-state index contributed by atoms with van der Waals surface area (Å²) in [6, 6.07) is 3.54. The fourth-order valence-corrected chi connectivity index (χ4v) is 1.39. The molecule has 0 aliphatic heterocycles. The van der Waals surface area contributed by atoms with E-state index in [2.05, 4.69) is 20.7 Å². The maximum Gasteiger partial charge on any atom is 0.573 e. The molecule has 0 radical (unpaired) electrons. The number of hydrogen-bond donors (Lipinski definition) is 1. The summed E-state index contributed by atoms with van der Waals surface area (Å²) in [4.78, 5) is 10.3. The molecule has 3 nitrogen and oxygen atoms in total. The number of rotatable bonds is 3. The monoisotopic (exact) mass is 310 g/mol. The predicted molar refractivity (Wildman–Crippen MR) is 57.5 cm³/mol. The molecule has 1 aromatic carbocycles. The molecule has 1 aromatic rings. The fraction of sp³-hybridized carbons (Fsp3) is 0.100. The van der Waals surface area contributed by atoms with Crippen LogP contribution in [0.4, 0.5) is 13.2 Å². The van der Waals surface area contributed by atoms with Gasteiger partial charge in [-0.05, 0) is 29.8 Å². The summed E-state index contributed by atoms with van der Waals surface area (Å²) in [6.45, 7) is 0. The van der Waals surface area contributed by atoms with E-state index in [-0.39, 0.29) is 5.56 Å². The van der Waals surface area contributed by atoms with Gasteiger partial charge >= 0.3 is 12.3 Å². The number of ether oxygens (including phenoxy) is 1. The van der Waals surface area contributed by atoms with Crippen molar-refractivity contribution < 1.29 is 27.8 Å². The highest BCUT2D eigenvalue weighted by Crippen LogP contribution is 2.28. The second-order valence-electron chi connectivity index (χ2n) is 2.90. The molecule has 7 heteroatoms. The zero-order valence-electron chi connectivity index (χ0n) is 8.16. The van der Waals surface area contributed by atoms with Crippen LogP contribution in [0.3, 0.4) is 0 Å². The summed E-state index contributed by atoms with van der Waals surface area (Å²) in [7, 11) is 0. The highest BCUT2D eigenvalue weighted by Gasteiger charge is 2.31. The van der Waals surface area contributed by atoms with E-state index >= 15 is 0 Å². The molecule has 92 valence electrons. The zero-order valence-corrected chi connectivity index (χ0v) is 9.75. The predicted octanol–water partition coefficient (Wildman–Crippen LogP) is 3.45. The van der Waals surface area contributed by atoms with E-state index in [4.69, 9.17) is 5.11 Å². The van der Waals surface area contributed by atoms with Crippen LogP contribution in [0.5, 0.6) is 5.75 Å². The van der Waals surface area contributed by atoms with Crippen LogP contribution in [0.25, 0.3) is 6.08 Å². The van der Waals surface area contributed by atoms with Crippen LogP contribution >= 0.6 is 15.9 Å². The second kappa shape index (κ2) is 5.22. The first kappa shape index (κ1) is 13.6. The maximum atomic E-state index is 11.9. The Morgan fingerprint density at radius 2 is 2.06 bits per heavy atom. The molecule has 0 aliphatic rings. The van der Waals surface area contributed by atoms with Crippen molar-refractivity contribution in [3.05, 3.63) is 34.3 Å². The van der Waals surface area contributed by atoms with E-state index in [1.807, 2.05) is 0 Å². The van der Waals surface area contributed by atoms with E-state index in [1.54, 1.807) is 0 Å². The van der Waals surface area contributed by atoms with Gasteiger partial charge in [-0.25, -0.2) is 4.79 Å². The van der Waals surface area contributed by atoms with Crippen LogP contribution in [0.2, 0.25) is 0 Å². The Hall–Kier alpha value is -1.50. The largest absolute Gasteiger partial charge is 0.573 e. The fourth-order valence-electron chi connectivity index (χ4n) is 1.01. The van der Waals surface area contributed by atoms with Crippen molar-refractivity contribution in [2.45, 2.75) is 6.36 Å². The number of alkyl halides is 3. The van der Waals surface area contributed by atoms with Gasteiger partial charge in [-0.2, -0.15) is 0 Å². The van der Waals surface area contributed by atoms with Crippen molar-refractivity contribution in [3.63, 3.8) is 0 Å². The van der Waals surface area contributed by atoms with Gasteiger partial charge in [0.2, 0.25) is 0 Å². The van der Waals surface area contributed by atoms with Gasteiger partial charge in [-0.15, -0.1) is 13.2 Å². The molecule has 0 heterocycles. The Kier molecular flexibility index (Phi) is 4.17.